The molecule has 0 atom stereocenters. The summed E-state index contributed by atoms with van der Waals surface area (Å²) in [5, 5.41) is 3.14. The van der Waals surface area contributed by atoms with Gasteiger partial charge in [-0.1, -0.05) is 59.6 Å². The van der Waals surface area contributed by atoms with Crippen molar-refractivity contribution >= 4 is 17.5 Å². The maximum atomic E-state index is 12.6. The number of aryl methyl sites for hydroxylation is 1. The molecule has 0 bridgehead atoms. The Labute approximate surface area is 160 Å². The van der Waals surface area contributed by atoms with Crippen LogP contribution in [0.1, 0.15) is 27.0 Å². The first-order valence-corrected chi connectivity index (χ1v) is 8.73. The number of aromatic amines is 1. The van der Waals surface area contributed by atoms with E-state index in [-0.39, 0.29) is 18.7 Å². The van der Waals surface area contributed by atoms with E-state index >= 15 is 0 Å². The Balaban J connectivity index is 1.83. The van der Waals surface area contributed by atoms with Crippen molar-refractivity contribution in [3.8, 4) is 0 Å². The molecule has 7 heteroatoms. The van der Waals surface area contributed by atoms with Crippen LogP contribution < -0.4 is 16.6 Å². The quantitative estimate of drug-likeness (QED) is 0.710. The molecule has 1 aromatic heterocycles. The minimum atomic E-state index is -0.667. The standard InChI is InChI=1S/C20H18ClN3O3/c1-13-6-8-14(9-7-13)10-22-18(25)16-11-23-20(27)24(19(16)26)12-15-4-2-3-5-17(15)21/h2-9,11H,10,12H2,1H3,(H,22,25)(H,23,27). The van der Waals surface area contributed by atoms with Gasteiger partial charge in [-0.2, -0.15) is 0 Å². The van der Waals surface area contributed by atoms with Gasteiger partial charge in [-0.15, -0.1) is 0 Å². The van der Waals surface area contributed by atoms with E-state index in [4.69, 9.17) is 11.6 Å². The van der Waals surface area contributed by atoms with Crippen LogP contribution >= 0.6 is 11.6 Å². The van der Waals surface area contributed by atoms with Gasteiger partial charge in [-0.05, 0) is 24.1 Å². The Morgan fingerprint density at radius 2 is 1.81 bits per heavy atom. The number of carbonyl (C=O) groups is 1. The molecular formula is C20H18ClN3O3. The van der Waals surface area contributed by atoms with Crippen molar-refractivity contribution in [3.05, 3.63) is 103 Å². The molecule has 0 saturated heterocycles. The summed E-state index contributed by atoms with van der Waals surface area (Å²) in [6.45, 7) is 2.24. The van der Waals surface area contributed by atoms with E-state index in [0.717, 1.165) is 21.9 Å². The minimum Gasteiger partial charge on any atom is -0.348 e. The zero-order valence-electron chi connectivity index (χ0n) is 14.7. The van der Waals surface area contributed by atoms with Gasteiger partial charge in [-0.3, -0.25) is 14.2 Å². The molecule has 0 saturated carbocycles. The van der Waals surface area contributed by atoms with E-state index in [1.54, 1.807) is 24.3 Å². The van der Waals surface area contributed by atoms with Gasteiger partial charge >= 0.3 is 5.69 Å². The molecule has 138 valence electrons. The van der Waals surface area contributed by atoms with E-state index < -0.39 is 17.2 Å². The molecule has 0 aliphatic carbocycles. The summed E-state index contributed by atoms with van der Waals surface area (Å²) in [5.41, 5.74) is 1.25. The number of H-pyrrole nitrogens is 1. The highest BCUT2D eigenvalue weighted by molar-refractivity contribution is 6.31. The number of halogens is 1. The van der Waals surface area contributed by atoms with E-state index in [1.165, 1.54) is 0 Å². The first-order valence-electron chi connectivity index (χ1n) is 8.35. The van der Waals surface area contributed by atoms with Crippen molar-refractivity contribution in [2.45, 2.75) is 20.0 Å². The number of nitrogens with zero attached hydrogens (tertiary/aromatic N) is 1. The molecule has 1 amide bonds. The van der Waals surface area contributed by atoms with Crippen LogP contribution in [0.3, 0.4) is 0 Å². The van der Waals surface area contributed by atoms with E-state index in [0.29, 0.717) is 10.6 Å². The number of rotatable bonds is 5. The van der Waals surface area contributed by atoms with Gasteiger partial charge in [0.15, 0.2) is 0 Å². The zero-order valence-corrected chi connectivity index (χ0v) is 15.4. The number of hydrogen-bond donors (Lipinski definition) is 2. The highest BCUT2D eigenvalue weighted by Gasteiger charge is 2.15. The summed E-state index contributed by atoms with van der Waals surface area (Å²) in [7, 11) is 0. The number of benzene rings is 2. The topological polar surface area (TPSA) is 84.0 Å². The van der Waals surface area contributed by atoms with Crippen LogP contribution in [0.15, 0.2) is 64.3 Å². The van der Waals surface area contributed by atoms with Crippen molar-refractivity contribution in [1.29, 1.82) is 0 Å². The molecule has 0 aliphatic heterocycles. The normalized spacial score (nSPS) is 10.6. The zero-order chi connectivity index (χ0) is 19.4. The lowest BCUT2D eigenvalue weighted by Gasteiger charge is -2.09. The third-order valence-corrected chi connectivity index (χ3v) is 4.53. The van der Waals surface area contributed by atoms with Crippen LogP contribution in [-0.4, -0.2) is 15.5 Å². The number of carbonyl (C=O) groups excluding carboxylic acids is 1. The third-order valence-electron chi connectivity index (χ3n) is 4.17. The van der Waals surface area contributed by atoms with Crippen molar-refractivity contribution in [2.24, 2.45) is 0 Å². The smallest absolute Gasteiger partial charge is 0.328 e. The monoisotopic (exact) mass is 383 g/mol. The van der Waals surface area contributed by atoms with E-state index in [1.807, 2.05) is 31.2 Å². The molecule has 0 fully saturated rings. The lowest BCUT2D eigenvalue weighted by Crippen LogP contribution is -2.40. The molecule has 0 aliphatic rings. The summed E-state index contributed by atoms with van der Waals surface area (Å²) >= 11 is 6.10. The van der Waals surface area contributed by atoms with Crippen molar-refractivity contribution in [1.82, 2.24) is 14.9 Å². The average Bonchev–Trinajstić information content (AvgIpc) is 2.66. The van der Waals surface area contributed by atoms with Gasteiger partial charge in [0.1, 0.15) is 5.56 Å². The minimum absolute atomic E-state index is 0.0209. The lowest BCUT2D eigenvalue weighted by atomic mass is 10.1. The van der Waals surface area contributed by atoms with Crippen LogP contribution in [0.5, 0.6) is 0 Å². The second-order valence-electron chi connectivity index (χ2n) is 6.16. The molecule has 0 unspecified atom stereocenters. The number of nitrogens with one attached hydrogen (secondary N) is 2. The summed E-state index contributed by atoms with van der Waals surface area (Å²) in [4.78, 5) is 39.6. The SMILES string of the molecule is Cc1ccc(CNC(=O)c2c[nH]c(=O)n(Cc3ccccc3Cl)c2=O)cc1. The first-order chi connectivity index (χ1) is 13.0. The van der Waals surface area contributed by atoms with Crippen molar-refractivity contribution in [3.63, 3.8) is 0 Å². The molecule has 1 heterocycles. The predicted molar refractivity (Wildman–Crippen MR) is 104 cm³/mol. The summed E-state index contributed by atoms with van der Waals surface area (Å²) in [6, 6.07) is 14.6. The fourth-order valence-electron chi connectivity index (χ4n) is 2.60. The van der Waals surface area contributed by atoms with Gasteiger partial charge in [-0.25, -0.2) is 4.79 Å². The molecule has 3 aromatic rings. The highest BCUT2D eigenvalue weighted by Crippen LogP contribution is 2.15. The Bertz CT molecular complexity index is 1080. The van der Waals surface area contributed by atoms with Crippen molar-refractivity contribution < 1.29 is 4.79 Å². The van der Waals surface area contributed by atoms with E-state index in [9.17, 15) is 14.4 Å². The molecule has 2 aromatic carbocycles. The van der Waals surface area contributed by atoms with Crippen LogP contribution in [0.4, 0.5) is 0 Å². The number of aromatic nitrogens is 2. The fourth-order valence-corrected chi connectivity index (χ4v) is 2.79. The maximum Gasteiger partial charge on any atom is 0.328 e. The third kappa shape index (κ3) is 4.35. The second kappa shape index (κ2) is 8.05. The molecule has 2 N–H and O–H groups in total. The van der Waals surface area contributed by atoms with E-state index in [2.05, 4.69) is 10.3 Å². The van der Waals surface area contributed by atoms with Crippen LogP contribution in [0.2, 0.25) is 5.02 Å². The van der Waals surface area contributed by atoms with Crippen LogP contribution in [0.25, 0.3) is 0 Å². The summed E-state index contributed by atoms with van der Waals surface area (Å²) in [6.07, 6.45) is 1.14. The molecule has 6 nitrogen and oxygen atoms in total. The van der Waals surface area contributed by atoms with Gasteiger partial charge in [0.2, 0.25) is 0 Å². The van der Waals surface area contributed by atoms with Gasteiger partial charge < -0.3 is 10.3 Å². The Morgan fingerprint density at radius 3 is 2.52 bits per heavy atom. The molecule has 3 rings (SSSR count). The fraction of sp³-hybridized carbons (Fsp3) is 0.150. The summed E-state index contributed by atoms with van der Waals surface area (Å²) in [5.74, 6) is -0.551. The van der Waals surface area contributed by atoms with Gasteiger partial charge in [0, 0.05) is 17.8 Å². The predicted octanol–water partition coefficient (Wildman–Crippen LogP) is 2.48. The van der Waals surface area contributed by atoms with Gasteiger partial charge in [0.05, 0.1) is 6.54 Å². The molecule has 0 spiro atoms. The van der Waals surface area contributed by atoms with Crippen LogP contribution in [-0.2, 0) is 13.1 Å². The van der Waals surface area contributed by atoms with Crippen molar-refractivity contribution in [2.75, 3.05) is 0 Å². The highest BCUT2D eigenvalue weighted by atomic mass is 35.5. The Morgan fingerprint density at radius 1 is 1.11 bits per heavy atom. The molecule has 27 heavy (non-hydrogen) atoms. The Hall–Kier alpha value is -3.12. The number of hydrogen-bond acceptors (Lipinski definition) is 3. The molecule has 0 radical (unpaired) electrons. The average molecular weight is 384 g/mol. The second-order valence-corrected chi connectivity index (χ2v) is 6.57. The Kier molecular flexibility index (Phi) is 5.57. The van der Waals surface area contributed by atoms with Crippen LogP contribution in [0, 0.1) is 6.92 Å². The summed E-state index contributed by atoms with van der Waals surface area (Å²) < 4.78 is 0.960. The first kappa shape index (κ1) is 18.7. The molecular weight excluding hydrogens is 366 g/mol. The van der Waals surface area contributed by atoms with Gasteiger partial charge in [0.25, 0.3) is 11.5 Å². The lowest BCUT2D eigenvalue weighted by molar-refractivity contribution is 0.0948. The maximum absolute atomic E-state index is 12.6. The number of amides is 1. The largest absolute Gasteiger partial charge is 0.348 e.